The number of hydrogen-bond acceptors (Lipinski definition) is 4. The fourth-order valence-electron chi connectivity index (χ4n) is 2.83. The number of pyridine rings is 1. The van der Waals surface area contributed by atoms with E-state index in [9.17, 15) is 9.59 Å². The molecule has 5 nitrogen and oxygen atoms in total. The lowest BCUT2D eigenvalue weighted by atomic mass is 9.88. The molecule has 7 heteroatoms. The summed E-state index contributed by atoms with van der Waals surface area (Å²) >= 11 is 7.37. The second-order valence-corrected chi connectivity index (χ2v) is 7.18. The van der Waals surface area contributed by atoms with Crippen LogP contribution >= 0.6 is 22.9 Å². The summed E-state index contributed by atoms with van der Waals surface area (Å²) in [6.07, 6.45) is 4.25. The molecule has 0 unspecified atom stereocenters. The van der Waals surface area contributed by atoms with E-state index in [-0.39, 0.29) is 10.7 Å². The van der Waals surface area contributed by atoms with Crippen molar-refractivity contribution in [3.05, 3.63) is 45.1 Å². The Morgan fingerprint density at radius 1 is 1.48 bits per heavy atom. The van der Waals surface area contributed by atoms with Crippen molar-refractivity contribution in [1.29, 1.82) is 0 Å². The number of thiophene rings is 1. The van der Waals surface area contributed by atoms with E-state index in [2.05, 4.69) is 17.2 Å². The molecule has 0 fully saturated rings. The zero-order valence-electron chi connectivity index (χ0n) is 12.6. The number of aromatic nitrogens is 1. The Hall–Kier alpha value is -1.92. The van der Waals surface area contributed by atoms with E-state index in [0.717, 1.165) is 29.7 Å². The van der Waals surface area contributed by atoms with Crippen LogP contribution in [-0.4, -0.2) is 16.8 Å². The lowest BCUT2D eigenvalue weighted by Gasteiger charge is -2.18. The number of primary amides is 1. The fourth-order valence-corrected chi connectivity index (χ4v) is 4.44. The quantitative estimate of drug-likeness (QED) is 0.834. The number of anilines is 1. The van der Waals surface area contributed by atoms with Gasteiger partial charge in [-0.25, -0.2) is 4.98 Å². The van der Waals surface area contributed by atoms with E-state index in [4.69, 9.17) is 17.3 Å². The van der Waals surface area contributed by atoms with Crippen molar-refractivity contribution in [1.82, 2.24) is 4.98 Å². The van der Waals surface area contributed by atoms with E-state index < -0.39 is 11.8 Å². The summed E-state index contributed by atoms with van der Waals surface area (Å²) in [5.41, 5.74) is 7.22. The Morgan fingerprint density at radius 3 is 2.96 bits per heavy atom. The second-order valence-electron chi connectivity index (χ2n) is 5.72. The van der Waals surface area contributed by atoms with Crippen LogP contribution in [0.5, 0.6) is 0 Å². The predicted octanol–water partition coefficient (Wildman–Crippen LogP) is 3.27. The monoisotopic (exact) mass is 349 g/mol. The minimum absolute atomic E-state index is 0.126. The first-order chi connectivity index (χ1) is 11.0. The number of halogens is 1. The number of nitrogens with two attached hydrogens (primary N) is 1. The molecule has 2 aromatic rings. The Morgan fingerprint density at radius 2 is 2.26 bits per heavy atom. The minimum atomic E-state index is -0.510. The smallest absolute Gasteiger partial charge is 0.259 e. The second kappa shape index (κ2) is 6.29. The van der Waals surface area contributed by atoms with E-state index in [1.807, 2.05) is 0 Å². The highest BCUT2D eigenvalue weighted by Gasteiger charge is 2.27. The van der Waals surface area contributed by atoms with Gasteiger partial charge in [0.15, 0.2) is 0 Å². The van der Waals surface area contributed by atoms with Gasteiger partial charge in [-0.1, -0.05) is 18.5 Å². The third kappa shape index (κ3) is 3.09. The molecule has 1 aliphatic carbocycles. The highest BCUT2D eigenvalue weighted by Crippen LogP contribution is 2.39. The van der Waals surface area contributed by atoms with Crippen LogP contribution in [0.2, 0.25) is 5.15 Å². The Bertz CT molecular complexity index is 788. The molecule has 3 rings (SSSR count). The minimum Gasteiger partial charge on any atom is -0.365 e. The number of nitrogens with one attached hydrogen (secondary N) is 1. The van der Waals surface area contributed by atoms with Crippen LogP contribution < -0.4 is 11.1 Å². The van der Waals surface area contributed by atoms with E-state index >= 15 is 0 Å². The predicted molar refractivity (Wildman–Crippen MR) is 91.2 cm³/mol. The van der Waals surface area contributed by atoms with Gasteiger partial charge in [0.1, 0.15) is 10.2 Å². The van der Waals surface area contributed by atoms with Gasteiger partial charge in [-0.15, -0.1) is 11.3 Å². The zero-order chi connectivity index (χ0) is 16.6. The summed E-state index contributed by atoms with van der Waals surface area (Å²) in [5, 5.41) is 3.40. The van der Waals surface area contributed by atoms with E-state index in [0.29, 0.717) is 16.5 Å². The molecule has 120 valence electrons. The number of amides is 2. The third-order valence-electron chi connectivity index (χ3n) is 3.99. The van der Waals surface area contributed by atoms with Crippen molar-refractivity contribution >= 4 is 39.8 Å². The molecule has 23 heavy (non-hydrogen) atoms. The topological polar surface area (TPSA) is 85.1 Å². The highest BCUT2D eigenvalue weighted by atomic mass is 35.5. The number of nitrogens with zero attached hydrogens (tertiary/aromatic N) is 1. The summed E-state index contributed by atoms with van der Waals surface area (Å²) in [6, 6.07) is 3.22. The molecule has 2 amide bonds. The summed E-state index contributed by atoms with van der Waals surface area (Å²) in [6.45, 7) is 2.18. The van der Waals surface area contributed by atoms with Crippen molar-refractivity contribution in [2.75, 3.05) is 5.32 Å². The summed E-state index contributed by atoms with van der Waals surface area (Å²) < 4.78 is 0. The zero-order valence-corrected chi connectivity index (χ0v) is 14.1. The summed E-state index contributed by atoms with van der Waals surface area (Å²) in [7, 11) is 0. The molecule has 2 aromatic heterocycles. The van der Waals surface area contributed by atoms with Gasteiger partial charge in [0.05, 0.1) is 11.1 Å². The van der Waals surface area contributed by atoms with Crippen LogP contribution in [-0.2, 0) is 12.8 Å². The Labute approximate surface area is 142 Å². The number of fused-ring (bicyclic) bond motifs is 1. The molecule has 3 N–H and O–H groups in total. The lowest BCUT2D eigenvalue weighted by Crippen LogP contribution is -2.19. The lowest BCUT2D eigenvalue weighted by molar-refractivity contribution is 0.1000. The normalized spacial score (nSPS) is 16.7. The maximum atomic E-state index is 12.4. The number of hydrogen-bond donors (Lipinski definition) is 2. The molecular weight excluding hydrogens is 334 g/mol. The van der Waals surface area contributed by atoms with Crippen LogP contribution in [0.25, 0.3) is 0 Å². The van der Waals surface area contributed by atoms with Crippen LogP contribution in [0.3, 0.4) is 0 Å². The van der Waals surface area contributed by atoms with Crippen molar-refractivity contribution < 1.29 is 9.59 Å². The van der Waals surface area contributed by atoms with Crippen molar-refractivity contribution in [2.45, 2.75) is 26.2 Å². The molecule has 0 aliphatic heterocycles. The van der Waals surface area contributed by atoms with Gasteiger partial charge in [-0.05, 0) is 42.9 Å². The molecule has 0 saturated carbocycles. The standard InChI is InChI=1S/C16H16ClN3O2S/c1-8-4-5-9-11(7-8)23-16(12(9)14(18)21)20-15(22)10-3-2-6-19-13(10)17/h2-3,6,8H,4-5,7H2,1H3,(H2,18,21)(H,20,22)/t8-/m0/s1. The van der Waals surface area contributed by atoms with Gasteiger partial charge >= 0.3 is 0 Å². The van der Waals surface area contributed by atoms with E-state index in [1.54, 1.807) is 12.1 Å². The van der Waals surface area contributed by atoms with Crippen molar-refractivity contribution in [3.63, 3.8) is 0 Å². The SMILES string of the molecule is C[C@H]1CCc2c(sc(NC(=O)c3cccnc3Cl)c2C(N)=O)C1. The largest absolute Gasteiger partial charge is 0.365 e. The van der Waals surface area contributed by atoms with Crippen molar-refractivity contribution in [3.8, 4) is 0 Å². The van der Waals surface area contributed by atoms with E-state index in [1.165, 1.54) is 17.5 Å². The van der Waals surface area contributed by atoms with Crippen LogP contribution in [0, 0.1) is 5.92 Å². The number of carbonyl (C=O) groups is 2. The molecule has 0 spiro atoms. The first-order valence-electron chi connectivity index (χ1n) is 7.33. The Kier molecular flexibility index (Phi) is 4.37. The van der Waals surface area contributed by atoms with Gasteiger partial charge in [0.25, 0.3) is 11.8 Å². The summed E-state index contributed by atoms with van der Waals surface area (Å²) in [4.78, 5) is 29.3. The van der Waals surface area contributed by atoms with Gasteiger partial charge in [-0.2, -0.15) is 0 Å². The van der Waals surface area contributed by atoms with Crippen LogP contribution in [0.15, 0.2) is 18.3 Å². The maximum Gasteiger partial charge on any atom is 0.259 e. The van der Waals surface area contributed by atoms with Crippen LogP contribution in [0.1, 0.15) is 44.5 Å². The number of rotatable bonds is 3. The molecule has 0 bridgehead atoms. The molecule has 1 aliphatic rings. The molecule has 0 saturated heterocycles. The summed E-state index contributed by atoms with van der Waals surface area (Å²) in [5.74, 6) is -0.333. The highest BCUT2D eigenvalue weighted by molar-refractivity contribution is 7.17. The van der Waals surface area contributed by atoms with Gasteiger partial charge in [0, 0.05) is 11.1 Å². The maximum absolute atomic E-state index is 12.4. The van der Waals surface area contributed by atoms with Gasteiger partial charge < -0.3 is 11.1 Å². The molecule has 0 aromatic carbocycles. The average molecular weight is 350 g/mol. The fraction of sp³-hybridized carbons (Fsp3) is 0.312. The van der Waals surface area contributed by atoms with Gasteiger partial charge in [0.2, 0.25) is 0 Å². The average Bonchev–Trinajstić information content (AvgIpc) is 2.84. The molecule has 1 atom stereocenters. The first-order valence-corrected chi connectivity index (χ1v) is 8.53. The van der Waals surface area contributed by atoms with Gasteiger partial charge in [-0.3, -0.25) is 9.59 Å². The molecular formula is C16H16ClN3O2S. The molecule has 2 heterocycles. The molecule has 0 radical (unpaired) electrons. The van der Waals surface area contributed by atoms with Crippen molar-refractivity contribution in [2.24, 2.45) is 11.7 Å². The number of carbonyl (C=O) groups excluding carboxylic acids is 2. The Balaban J connectivity index is 1.96. The first kappa shape index (κ1) is 16.0. The third-order valence-corrected chi connectivity index (χ3v) is 5.46. The van der Waals surface area contributed by atoms with Crippen LogP contribution in [0.4, 0.5) is 5.00 Å².